The first-order valence-corrected chi connectivity index (χ1v) is 6.41. The molecule has 0 unspecified atom stereocenters. The van der Waals surface area contributed by atoms with Crippen molar-refractivity contribution in [2.45, 2.75) is 6.54 Å². The molecular weight excluding hydrogens is 331 g/mol. The summed E-state index contributed by atoms with van der Waals surface area (Å²) in [4.78, 5) is 9.98. The molecule has 0 bridgehead atoms. The molecule has 104 valence electrons. The van der Waals surface area contributed by atoms with E-state index in [9.17, 15) is 19.6 Å². The number of aromatic hydroxyl groups is 1. The Balaban J connectivity index is 2.18. The van der Waals surface area contributed by atoms with Gasteiger partial charge in [0.05, 0.1) is 11.0 Å². The SMILES string of the molecule is O=[N+]([O-])c1cc(F)cc(NCc2cc(Br)ccc2O)c1. The van der Waals surface area contributed by atoms with E-state index in [1.807, 2.05) is 0 Å². The number of nitro groups is 1. The Morgan fingerprint density at radius 2 is 2.05 bits per heavy atom. The molecule has 7 heteroatoms. The van der Waals surface area contributed by atoms with Crippen LogP contribution in [0.5, 0.6) is 5.75 Å². The quantitative estimate of drug-likeness (QED) is 0.655. The van der Waals surface area contributed by atoms with Gasteiger partial charge in [-0.3, -0.25) is 10.1 Å². The van der Waals surface area contributed by atoms with E-state index in [1.165, 1.54) is 12.1 Å². The molecule has 0 aromatic heterocycles. The highest BCUT2D eigenvalue weighted by molar-refractivity contribution is 9.10. The summed E-state index contributed by atoms with van der Waals surface area (Å²) in [5, 5.41) is 23.2. The van der Waals surface area contributed by atoms with Gasteiger partial charge in [0.25, 0.3) is 5.69 Å². The normalized spacial score (nSPS) is 10.3. The first-order valence-electron chi connectivity index (χ1n) is 5.62. The standard InChI is InChI=1S/C13H10BrFN2O3/c14-9-1-2-13(18)8(3-9)7-16-11-4-10(15)5-12(6-11)17(19)20/h1-6,16,18H,7H2. The van der Waals surface area contributed by atoms with Crippen LogP contribution in [0.4, 0.5) is 15.8 Å². The van der Waals surface area contributed by atoms with Crippen molar-refractivity contribution < 1.29 is 14.4 Å². The average molecular weight is 341 g/mol. The summed E-state index contributed by atoms with van der Waals surface area (Å²) < 4.78 is 14.0. The van der Waals surface area contributed by atoms with Gasteiger partial charge in [-0.2, -0.15) is 0 Å². The summed E-state index contributed by atoms with van der Waals surface area (Å²) in [5.41, 5.74) is 0.535. The fraction of sp³-hybridized carbons (Fsp3) is 0.0769. The second-order valence-corrected chi connectivity index (χ2v) is 5.00. The summed E-state index contributed by atoms with van der Waals surface area (Å²) in [7, 11) is 0. The maximum atomic E-state index is 13.3. The summed E-state index contributed by atoms with van der Waals surface area (Å²) in [6.07, 6.45) is 0. The lowest BCUT2D eigenvalue weighted by atomic mass is 10.2. The van der Waals surface area contributed by atoms with E-state index in [2.05, 4.69) is 21.2 Å². The summed E-state index contributed by atoms with van der Waals surface area (Å²) >= 11 is 3.28. The number of nitrogens with one attached hydrogen (secondary N) is 1. The van der Waals surface area contributed by atoms with Crippen LogP contribution in [-0.4, -0.2) is 10.0 Å². The zero-order valence-corrected chi connectivity index (χ0v) is 11.7. The number of hydrogen-bond donors (Lipinski definition) is 2. The van der Waals surface area contributed by atoms with Crippen molar-refractivity contribution in [3.63, 3.8) is 0 Å². The largest absolute Gasteiger partial charge is 0.508 e. The molecule has 2 aromatic carbocycles. The van der Waals surface area contributed by atoms with Crippen LogP contribution in [0.25, 0.3) is 0 Å². The highest BCUT2D eigenvalue weighted by atomic mass is 79.9. The molecule has 0 radical (unpaired) electrons. The molecule has 0 aliphatic rings. The lowest BCUT2D eigenvalue weighted by molar-refractivity contribution is -0.385. The van der Waals surface area contributed by atoms with Gasteiger partial charge in [0.2, 0.25) is 0 Å². The Morgan fingerprint density at radius 3 is 2.75 bits per heavy atom. The Hall–Kier alpha value is -2.15. The minimum absolute atomic E-state index is 0.0894. The van der Waals surface area contributed by atoms with Gasteiger partial charge in [0, 0.05) is 28.3 Å². The smallest absolute Gasteiger partial charge is 0.274 e. The molecule has 5 nitrogen and oxygen atoms in total. The molecule has 0 fully saturated rings. The van der Waals surface area contributed by atoms with Crippen LogP contribution < -0.4 is 5.32 Å². The number of nitrogens with zero attached hydrogens (tertiary/aromatic N) is 1. The van der Waals surface area contributed by atoms with Crippen molar-refractivity contribution in [2.75, 3.05) is 5.32 Å². The lowest BCUT2D eigenvalue weighted by Gasteiger charge is -2.09. The van der Waals surface area contributed by atoms with Crippen molar-refractivity contribution in [3.8, 4) is 5.75 Å². The lowest BCUT2D eigenvalue weighted by Crippen LogP contribution is -2.01. The number of nitro benzene ring substituents is 1. The van der Waals surface area contributed by atoms with Gasteiger partial charge in [-0.25, -0.2) is 4.39 Å². The van der Waals surface area contributed by atoms with Crippen LogP contribution in [0.1, 0.15) is 5.56 Å². The van der Waals surface area contributed by atoms with E-state index in [1.54, 1.807) is 12.1 Å². The second kappa shape index (κ2) is 5.87. The molecule has 0 amide bonds. The number of phenolic OH excluding ortho intramolecular Hbond substituents is 1. The Kier molecular flexibility index (Phi) is 4.19. The van der Waals surface area contributed by atoms with Crippen molar-refractivity contribution in [2.24, 2.45) is 0 Å². The van der Waals surface area contributed by atoms with Gasteiger partial charge in [0.1, 0.15) is 11.6 Å². The van der Waals surface area contributed by atoms with Gasteiger partial charge in [-0.1, -0.05) is 15.9 Å². The fourth-order valence-electron chi connectivity index (χ4n) is 1.67. The molecule has 0 atom stereocenters. The maximum absolute atomic E-state index is 13.3. The predicted octanol–water partition coefficient (Wildman–Crippen LogP) is 3.81. The van der Waals surface area contributed by atoms with Crippen molar-refractivity contribution in [1.29, 1.82) is 0 Å². The van der Waals surface area contributed by atoms with E-state index in [-0.39, 0.29) is 23.7 Å². The summed E-state index contributed by atoms with van der Waals surface area (Å²) in [6, 6.07) is 8.15. The van der Waals surface area contributed by atoms with Crippen LogP contribution in [-0.2, 0) is 6.54 Å². The van der Waals surface area contributed by atoms with Crippen molar-refractivity contribution >= 4 is 27.3 Å². The monoisotopic (exact) mass is 340 g/mol. The molecule has 0 aliphatic heterocycles. The predicted molar refractivity (Wildman–Crippen MR) is 76.2 cm³/mol. The number of rotatable bonds is 4. The van der Waals surface area contributed by atoms with Crippen LogP contribution in [0.2, 0.25) is 0 Å². The van der Waals surface area contributed by atoms with E-state index in [0.717, 1.165) is 16.6 Å². The second-order valence-electron chi connectivity index (χ2n) is 4.08. The van der Waals surface area contributed by atoms with Gasteiger partial charge >= 0.3 is 0 Å². The third kappa shape index (κ3) is 3.45. The van der Waals surface area contributed by atoms with Crippen LogP contribution >= 0.6 is 15.9 Å². The summed E-state index contributed by atoms with van der Waals surface area (Å²) in [6.45, 7) is 0.214. The number of hydrogen-bond acceptors (Lipinski definition) is 4. The van der Waals surface area contributed by atoms with Crippen molar-refractivity contribution in [1.82, 2.24) is 0 Å². The first-order chi connectivity index (χ1) is 9.45. The van der Waals surface area contributed by atoms with E-state index >= 15 is 0 Å². The van der Waals surface area contributed by atoms with E-state index in [0.29, 0.717) is 5.56 Å². The van der Waals surface area contributed by atoms with Gasteiger partial charge in [0.15, 0.2) is 0 Å². The molecule has 0 spiro atoms. The highest BCUT2D eigenvalue weighted by Gasteiger charge is 2.10. The minimum atomic E-state index is -0.694. The summed E-state index contributed by atoms with van der Waals surface area (Å²) in [5.74, 6) is -0.605. The third-order valence-electron chi connectivity index (χ3n) is 2.62. The van der Waals surface area contributed by atoms with Crippen LogP contribution in [0.15, 0.2) is 40.9 Å². The Morgan fingerprint density at radius 1 is 1.30 bits per heavy atom. The fourth-order valence-corrected chi connectivity index (χ4v) is 2.08. The van der Waals surface area contributed by atoms with Crippen LogP contribution in [0.3, 0.4) is 0 Å². The zero-order chi connectivity index (χ0) is 14.7. The third-order valence-corrected chi connectivity index (χ3v) is 3.11. The van der Waals surface area contributed by atoms with Crippen molar-refractivity contribution in [3.05, 3.63) is 62.4 Å². The van der Waals surface area contributed by atoms with Gasteiger partial charge < -0.3 is 10.4 Å². The highest BCUT2D eigenvalue weighted by Crippen LogP contribution is 2.24. The molecule has 0 saturated heterocycles. The Bertz CT molecular complexity index is 664. The molecule has 20 heavy (non-hydrogen) atoms. The van der Waals surface area contributed by atoms with E-state index < -0.39 is 10.7 Å². The number of halogens is 2. The molecule has 0 aliphatic carbocycles. The van der Waals surface area contributed by atoms with Gasteiger partial charge in [-0.05, 0) is 24.3 Å². The molecular formula is C13H10BrFN2O3. The van der Waals surface area contributed by atoms with Crippen LogP contribution in [0, 0.1) is 15.9 Å². The maximum Gasteiger partial charge on any atom is 0.274 e. The number of benzene rings is 2. The van der Waals surface area contributed by atoms with E-state index in [4.69, 9.17) is 0 Å². The first kappa shape index (κ1) is 14.3. The molecule has 2 rings (SSSR count). The average Bonchev–Trinajstić information content (AvgIpc) is 2.39. The molecule has 2 aromatic rings. The Labute approximate surface area is 122 Å². The minimum Gasteiger partial charge on any atom is -0.508 e. The van der Waals surface area contributed by atoms with Gasteiger partial charge in [-0.15, -0.1) is 0 Å². The zero-order valence-electron chi connectivity index (χ0n) is 10.1. The molecule has 0 saturated carbocycles. The number of anilines is 1. The molecule has 2 N–H and O–H groups in total. The molecule has 0 heterocycles. The number of phenols is 1. The number of non-ortho nitro benzene ring substituents is 1. The topological polar surface area (TPSA) is 75.4 Å².